The van der Waals surface area contributed by atoms with E-state index in [1.807, 2.05) is 11.3 Å². The Balaban J connectivity index is 2.03. The second kappa shape index (κ2) is 4.05. The first-order valence-electron chi connectivity index (χ1n) is 7.52. The molecule has 0 amide bonds. The summed E-state index contributed by atoms with van der Waals surface area (Å²) in [5.74, 6) is 0. The van der Waals surface area contributed by atoms with Crippen molar-refractivity contribution >= 4 is 11.3 Å². The molecule has 106 valence electrons. The molecular weight excluding hydrogens is 252 g/mol. The van der Waals surface area contributed by atoms with Crippen LogP contribution in [0.15, 0.2) is 0 Å². The van der Waals surface area contributed by atoms with Gasteiger partial charge in [0.25, 0.3) is 0 Å². The fourth-order valence-corrected chi connectivity index (χ4v) is 5.57. The molecule has 0 aliphatic heterocycles. The number of aromatic nitrogens is 1. The number of nitrogens with two attached hydrogens (primary N) is 1. The van der Waals surface area contributed by atoms with E-state index in [4.69, 9.17) is 10.7 Å². The Bertz CT molecular complexity index is 493. The van der Waals surface area contributed by atoms with Crippen LogP contribution in [-0.4, -0.2) is 4.98 Å². The van der Waals surface area contributed by atoms with Crippen LogP contribution in [0.3, 0.4) is 0 Å². The van der Waals surface area contributed by atoms with Gasteiger partial charge in [-0.2, -0.15) is 0 Å². The van der Waals surface area contributed by atoms with Crippen molar-refractivity contribution in [1.29, 1.82) is 0 Å². The third-order valence-electron chi connectivity index (χ3n) is 4.80. The molecule has 0 radical (unpaired) electrons. The van der Waals surface area contributed by atoms with Crippen molar-refractivity contribution in [2.45, 2.75) is 77.2 Å². The SMILES string of the molecule is CC1(C)Cc2nc(C3(N)CCCC3)sc2C(C)(C)C1. The Labute approximate surface area is 120 Å². The zero-order valence-corrected chi connectivity index (χ0v) is 13.5. The van der Waals surface area contributed by atoms with Gasteiger partial charge in [-0.05, 0) is 31.1 Å². The Morgan fingerprint density at radius 2 is 1.74 bits per heavy atom. The Morgan fingerprint density at radius 1 is 1.11 bits per heavy atom. The summed E-state index contributed by atoms with van der Waals surface area (Å²) in [5, 5.41) is 1.21. The molecule has 2 N–H and O–H groups in total. The average molecular weight is 278 g/mol. The van der Waals surface area contributed by atoms with Gasteiger partial charge in [0.15, 0.2) is 0 Å². The van der Waals surface area contributed by atoms with Crippen molar-refractivity contribution in [3.63, 3.8) is 0 Å². The highest BCUT2D eigenvalue weighted by atomic mass is 32.1. The lowest BCUT2D eigenvalue weighted by Gasteiger charge is -2.39. The lowest BCUT2D eigenvalue weighted by atomic mass is 9.67. The monoisotopic (exact) mass is 278 g/mol. The molecule has 3 rings (SSSR count). The normalized spacial score (nSPS) is 27.2. The summed E-state index contributed by atoms with van der Waals surface area (Å²) < 4.78 is 0. The summed E-state index contributed by atoms with van der Waals surface area (Å²) in [4.78, 5) is 6.49. The molecule has 2 aliphatic rings. The molecular formula is C16H26N2S. The number of nitrogens with zero attached hydrogens (tertiary/aromatic N) is 1. The molecule has 2 nitrogen and oxygen atoms in total. The predicted octanol–water partition coefficient (Wildman–Crippen LogP) is 4.12. The maximum Gasteiger partial charge on any atom is 0.113 e. The van der Waals surface area contributed by atoms with Crippen molar-refractivity contribution < 1.29 is 0 Å². The van der Waals surface area contributed by atoms with Crippen LogP contribution >= 0.6 is 11.3 Å². The van der Waals surface area contributed by atoms with E-state index in [1.54, 1.807) is 0 Å². The standard InChI is InChI=1S/C16H26N2S/c1-14(2)9-11-12(15(3,4)10-14)19-13(18-11)16(17)7-5-6-8-16/h5-10,17H2,1-4H3. The van der Waals surface area contributed by atoms with E-state index < -0.39 is 0 Å². The van der Waals surface area contributed by atoms with Gasteiger partial charge in [-0.15, -0.1) is 11.3 Å². The molecule has 0 bridgehead atoms. The minimum Gasteiger partial charge on any atom is -0.319 e. The topological polar surface area (TPSA) is 38.9 Å². The maximum atomic E-state index is 6.60. The number of hydrogen-bond donors (Lipinski definition) is 1. The molecule has 1 saturated carbocycles. The lowest BCUT2D eigenvalue weighted by Crippen LogP contribution is -2.34. The molecule has 0 aromatic carbocycles. The zero-order valence-electron chi connectivity index (χ0n) is 12.7. The molecule has 0 unspecified atom stereocenters. The minimum atomic E-state index is -0.123. The molecule has 19 heavy (non-hydrogen) atoms. The highest BCUT2D eigenvalue weighted by molar-refractivity contribution is 7.12. The molecule has 0 spiro atoms. The quantitative estimate of drug-likeness (QED) is 0.839. The first-order valence-corrected chi connectivity index (χ1v) is 8.33. The van der Waals surface area contributed by atoms with Crippen LogP contribution < -0.4 is 5.73 Å². The van der Waals surface area contributed by atoms with Gasteiger partial charge in [0.1, 0.15) is 5.01 Å². The molecule has 1 heterocycles. The number of rotatable bonds is 1. The second-order valence-electron chi connectivity index (χ2n) is 8.06. The van der Waals surface area contributed by atoms with E-state index in [9.17, 15) is 0 Å². The fourth-order valence-electron chi connectivity index (χ4n) is 4.23. The Kier molecular flexibility index (Phi) is 2.89. The Morgan fingerprint density at radius 3 is 2.37 bits per heavy atom. The van der Waals surface area contributed by atoms with Crippen LogP contribution in [0, 0.1) is 5.41 Å². The Hall–Kier alpha value is -0.410. The van der Waals surface area contributed by atoms with Gasteiger partial charge >= 0.3 is 0 Å². The molecule has 1 fully saturated rings. The second-order valence-corrected chi connectivity index (χ2v) is 9.06. The summed E-state index contributed by atoms with van der Waals surface area (Å²) in [5.41, 5.74) is 8.42. The smallest absolute Gasteiger partial charge is 0.113 e. The van der Waals surface area contributed by atoms with Crippen molar-refractivity contribution in [1.82, 2.24) is 4.98 Å². The summed E-state index contributed by atoms with van der Waals surface area (Å²) in [7, 11) is 0. The summed E-state index contributed by atoms with van der Waals surface area (Å²) in [6.45, 7) is 9.47. The van der Waals surface area contributed by atoms with Crippen LogP contribution in [0.1, 0.15) is 75.4 Å². The van der Waals surface area contributed by atoms with Crippen LogP contribution in [0.5, 0.6) is 0 Å². The highest BCUT2D eigenvalue weighted by Crippen LogP contribution is 2.50. The largest absolute Gasteiger partial charge is 0.319 e. The number of fused-ring (bicyclic) bond motifs is 1. The van der Waals surface area contributed by atoms with Gasteiger partial charge in [0.05, 0.1) is 11.2 Å². The van der Waals surface area contributed by atoms with Crippen LogP contribution in [-0.2, 0) is 17.4 Å². The maximum absolute atomic E-state index is 6.60. The first kappa shape index (κ1) is 13.6. The highest BCUT2D eigenvalue weighted by Gasteiger charge is 2.42. The van der Waals surface area contributed by atoms with Crippen LogP contribution in [0.25, 0.3) is 0 Å². The molecule has 3 heteroatoms. The van der Waals surface area contributed by atoms with Gasteiger partial charge in [-0.1, -0.05) is 40.5 Å². The van der Waals surface area contributed by atoms with Crippen LogP contribution in [0.2, 0.25) is 0 Å². The van der Waals surface area contributed by atoms with Gasteiger partial charge < -0.3 is 5.73 Å². The first-order chi connectivity index (χ1) is 8.72. The average Bonchev–Trinajstić information content (AvgIpc) is 2.82. The van der Waals surface area contributed by atoms with E-state index in [-0.39, 0.29) is 11.0 Å². The third-order valence-corrected chi connectivity index (χ3v) is 6.48. The van der Waals surface area contributed by atoms with Gasteiger partial charge in [0.2, 0.25) is 0 Å². The molecule has 0 atom stereocenters. The van der Waals surface area contributed by atoms with E-state index in [1.165, 1.54) is 34.8 Å². The number of thiazole rings is 1. The fraction of sp³-hybridized carbons (Fsp3) is 0.812. The van der Waals surface area contributed by atoms with Crippen molar-refractivity contribution in [2.24, 2.45) is 11.1 Å². The van der Waals surface area contributed by atoms with Gasteiger partial charge in [-0.3, -0.25) is 0 Å². The van der Waals surface area contributed by atoms with Crippen molar-refractivity contribution in [3.8, 4) is 0 Å². The van der Waals surface area contributed by atoms with E-state index >= 15 is 0 Å². The predicted molar refractivity (Wildman–Crippen MR) is 81.6 cm³/mol. The van der Waals surface area contributed by atoms with Crippen LogP contribution in [0.4, 0.5) is 0 Å². The molecule has 1 aromatic heterocycles. The third kappa shape index (κ3) is 2.25. The number of hydrogen-bond acceptors (Lipinski definition) is 3. The minimum absolute atomic E-state index is 0.123. The molecule has 1 aromatic rings. The lowest BCUT2D eigenvalue weighted by molar-refractivity contribution is 0.232. The summed E-state index contributed by atoms with van der Waals surface area (Å²) >= 11 is 1.90. The summed E-state index contributed by atoms with van der Waals surface area (Å²) in [6.07, 6.45) is 7.10. The van der Waals surface area contributed by atoms with E-state index in [0.29, 0.717) is 5.41 Å². The van der Waals surface area contributed by atoms with E-state index in [0.717, 1.165) is 19.3 Å². The molecule has 2 aliphatic carbocycles. The zero-order chi connectivity index (χ0) is 13.9. The van der Waals surface area contributed by atoms with Gasteiger partial charge in [0, 0.05) is 10.3 Å². The van der Waals surface area contributed by atoms with Crippen molar-refractivity contribution in [2.75, 3.05) is 0 Å². The van der Waals surface area contributed by atoms with E-state index in [2.05, 4.69) is 27.7 Å². The van der Waals surface area contributed by atoms with Gasteiger partial charge in [-0.25, -0.2) is 4.98 Å². The summed E-state index contributed by atoms with van der Waals surface area (Å²) in [6, 6.07) is 0. The molecule has 0 saturated heterocycles. The van der Waals surface area contributed by atoms with Crippen molar-refractivity contribution in [3.05, 3.63) is 15.6 Å².